The van der Waals surface area contributed by atoms with Crippen molar-refractivity contribution in [1.82, 2.24) is 5.32 Å². The van der Waals surface area contributed by atoms with Crippen molar-refractivity contribution in [2.45, 2.75) is 27.2 Å². The Hall–Kier alpha value is -0.370. The molecule has 1 heterocycles. The predicted octanol–water partition coefficient (Wildman–Crippen LogP) is 1.21. The Morgan fingerprint density at radius 3 is 2.27 bits per heavy atom. The van der Waals surface area contributed by atoms with E-state index in [9.17, 15) is 4.79 Å². The average Bonchev–Trinajstić information content (AvgIpc) is 2.33. The van der Waals surface area contributed by atoms with Gasteiger partial charge in [0.2, 0.25) is 0 Å². The van der Waals surface area contributed by atoms with Crippen LogP contribution in [0.3, 0.4) is 0 Å². The molecule has 64 valence electrons. The second kappa shape index (κ2) is 2.59. The molecule has 0 radical (unpaired) electrons. The van der Waals surface area contributed by atoms with Crippen molar-refractivity contribution < 1.29 is 4.79 Å². The fraction of sp³-hybridized carbons (Fsp3) is 0.889. The maximum absolute atomic E-state index is 10.9. The quantitative estimate of drug-likeness (QED) is 0.577. The van der Waals surface area contributed by atoms with E-state index in [0.717, 1.165) is 25.8 Å². The van der Waals surface area contributed by atoms with Crippen LogP contribution in [0.1, 0.15) is 27.2 Å². The molecule has 1 N–H and O–H groups in total. The van der Waals surface area contributed by atoms with E-state index in [4.69, 9.17) is 0 Å². The lowest BCUT2D eigenvalue weighted by Crippen LogP contribution is -2.39. The molecule has 0 bridgehead atoms. The number of carbonyl (C=O) groups excluding carboxylic acids is 1. The first-order valence-electron chi connectivity index (χ1n) is 4.19. The maximum Gasteiger partial charge on any atom is 0.127 e. The molecule has 1 aliphatic rings. The van der Waals surface area contributed by atoms with Gasteiger partial charge in [-0.2, -0.15) is 0 Å². The van der Waals surface area contributed by atoms with E-state index in [-0.39, 0.29) is 10.8 Å². The minimum absolute atomic E-state index is 0.0955. The Morgan fingerprint density at radius 1 is 1.45 bits per heavy atom. The molecule has 0 spiro atoms. The van der Waals surface area contributed by atoms with E-state index in [0.29, 0.717) is 0 Å². The molecule has 1 saturated heterocycles. The third kappa shape index (κ3) is 1.32. The van der Waals surface area contributed by atoms with Gasteiger partial charge < -0.3 is 10.1 Å². The first-order valence-corrected chi connectivity index (χ1v) is 4.19. The van der Waals surface area contributed by atoms with Crippen molar-refractivity contribution in [3.05, 3.63) is 0 Å². The lowest BCUT2D eigenvalue weighted by molar-refractivity contribution is -0.120. The van der Waals surface area contributed by atoms with Crippen LogP contribution in [-0.4, -0.2) is 19.4 Å². The second-order valence-corrected chi connectivity index (χ2v) is 4.45. The molecule has 2 heteroatoms. The van der Waals surface area contributed by atoms with Crippen molar-refractivity contribution in [2.24, 2.45) is 10.8 Å². The normalized spacial score (nSPS) is 32.3. The van der Waals surface area contributed by atoms with Gasteiger partial charge >= 0.3 is 0 Å². The van der Waals surface area contributed by atoms with E-state index in [1.165, 1.54) is 0 Å². The molecular formula is C9H17NO. The molecule has 0 saturated carbocycles. The fourth-order valence-corrected chi connectivity index (χ4v) is 1.63. The monoisotopic (exact) mass is 155 g/mol. The van der Waals surface area contributed by atoms with Crippen LogP contribution in [0.25, 0.3) is 0 Å². The first-order chi connectivity index (χ1) is 5.02. The average molecular weight is 155 g/mol. The molecule has 0 amide bonds. The van der Waals surface area contributed by atoms with Crippen molar-refractivity contribution in [3.8, 4) is 0 Å². The lowest BCUT2D eigenvalue weighted by atomic mass is 9.67. The van der Waals surface area contributed by atoms with Gasteiger partial charge in [0, 0.05) is 12.0 Å². The highest BCUT2D eigenvalue weighted by atomic mass is 16.1. The minimum atomic E-state index is -0.118. The Kier molecular flexibility index (Phi) is 2.06. The van der Waals surface area contributed by atoms with Gasteiger partial charge in [-0.25, -0.2) is 0 Å². The summed E-state index contributed by atoms with van der Waals surface area (Å²) in [6.45, 7) is 8.23. The van der Waals surface area contributed by atoms with E-state index in [1.54, 1.807) is 0 Å². The van der Waals surface area contributed by atoms with Gasteiger partial charge in [0.25, 0.3) is 0 Å². The zero-order valence-corrected chi connectivity index (χ0v) is 7.61. The summed E-state index contributed by atoms with van der Waals surface area (Å²) < 4.78 is 0. The van der Waals surface area contributed by atoms with Crippen molar-refractivity contribution >= 4 is 6.29 Å². The lowest BCUT2D eigenvalue weighted by Gasteiger charge is -2.36. The molecule has 0 aromatic rings. The van der Waals surface area contributed by atoms with Crippen LogP contribution in [-0.2, 0) is 4.79 Å². The molecule has 0 aliphatic carbocycles. The zero-order valence-electron chi connectivity index (χ0n) is 7.61. The zero-order chi connectivity index (χ0) is 8.54. The van der Waals surface area contributed by atoms with Gasteiger partial charge in [-0.3, -0.25) is 0 Å². The van der Waals surface area contributed by atoms with Gasteiger partial charge in [0.1, 0.15) is 6.29 Å². The van der Waals surface area contributed by atoms with Gasteiger partial charge in [0.05, 0.1) is 0 Å². The highest BCUT2D eigenvalue weighted by Gasteiger charge is 2.43. The Balaban J connectivity index is 2.83. The highest BCUT2D eigenvalue weighted by molar-refractivity contribution is 5.62. The summed E-state index contributed by atoms with van der Waals surface area (Å²) in [5.74, 6) is 0. The summed E-state index contributed by atoms with van der Waals surface area (Å²) in [5, 5.41) is 3.24. The maximum atomic E-state index is 10.9. The van der Waals surface area contributed by atoms with E-state index >= 15 is 0 Å². The molecule has 1 rings (SSSR count). The van der Waals surface area contributed by atoms with Gasteiger partial charge in [0.15, 0.2) is 0 Å². The van der Waals surface area contributed by atoms with Crippen molar-refractivity contribution in [1.29, 1.82) is 0 Å². The van der Waals surface area contributed by atoms with Crippen LogP contribution >= 0.6 is 0 Å². The number of aldehydes is 1. The number of nitrogens with one attached hydrogen (secondary N) is 1. The van der Waals surface area contributed by atoms with Crippen LogP contribution in [0, 0.1) is 10.8 Å². The Labute approximate surface area is 68.4 Å². The largest absolute Gasteiger partial charge is 0.316 e. The summed E-state index contributed by atoms with van der Waals surface area (Å²) >= 11 is 0. The molecule has 1 atom stereocenters. The van der Waals surface area contributed by atoms with Crippen LogP contribution < -0.4 is 5.32 Å². The van der Waals surface area contributed by atoms with Gasteiger partial charge in [-0.05, 0) is 18.4 Å². The molecule has 1 fully saturated rings. The fourth-order valence-electron chi connectivity index (χ4n) is 1.63. The molecule has 0 aromatic heterocycles. The van der Waals surface area contributed by atoms with Crippen LogP contribution in [0.4, 0.5) is 0 Å². The number of hydrogen-bond acceptors (Lipinski definition) is 2. The van der Waals surface area contributed by atoms with E-state index in [2.05, 4.69) is 26.1 Å². The first kappa shape index (κ1) is 8.72. The standard InChI is InChI=1S/C9H17NO/c1-8(2,3)9(7-11)4-5-10-6-9/h7,10H,4-6H2,1-3H3. The number of rotatable bonds is 1. The highest BCUT2D eigenvalue weighted by Crippen LogP contribution is 2.41. The van der Waals surface area contributed by atoms with E-state index in [1.807, 2.05) is 0 Å². The summed E-state index contributed by atoms with van der Waals surface area (Å²) in [5.41, 5.74) is -0.0226. The third-order valence-electron chi connectivity index (χ3n) is 2.91. The van der Waals surface area contributed by atoms with Crippen molar-refractivity contribution in [3.63, 3.8) is 0 Å². The van der Waals surface area contributed by atoms with Gasteiger partial charge in [-0.15, -0.1) is 0 Å². The van der Waals surface area contributed by atoms with Gasteiger partial charge in [-0.1, -0.05) is 20.8 Å². The number of hydrogen-bond donors (Lipinski definition) is 1. The van der Waals surface area contributed by atoms with Crippen LogP contribution in [0.2, 0.25) is 0 Å². The SMILES string of the molecule is CC(C)(C)C1(C=O)CCNC1. The topological polar surface area (TPSA) is 29.1 Å². The van der Waals surface area contributed by atoms with Crippen LogP contribution in [0.5, 0.6) is 0 Å². The second-order valence-electron chi connectivity index (χ2n) is 4.45. The summed E-state index contributed by atoms with van der Waals surface area (Å²) in [6.07, 6.45) is 2.12. The van der Waals surface area contributed by atoms with Crippen LogP contribution in [0.15, 0.2) is 0 Å². The molecule has 2 nitrogen and oxygen atoms in total. The smallest absolute Gasteiger partial charge is 0.127 e. The number of carbonyl (C=O) groups is 1. The molecular weight excluding hydrogens is 138 g/mol. The molecule has 1 aliphatic heterocycles. The summed E-state index contributed by atoms with van der Waals surface area (Å²) in [6, 6.07) is 0. The summed E-state index contributed by atoms with van der Waals surface area (Å²) in [4.78, 5) is 10.9. The minimum Gasteiger partial charge on any atom is -0.316 e. The molecule has 1 unspecified atom stereocenters. The third-order valence-corrected chi connectivity index (χ3v) is 2.91. The Bertz CT molecular complexity index is 151. The molecule has 0 aromatic carbocycles. The molecule has 11 heavy (non-hydrogen) atoms. The Morgan fingerprint density at radius 2 is 2.09 bits per heavy atom. The summed E-state index contributed by atoms with van der Waals surface area (Å²) in [7, 11) is 0. The van der Waals surface area contributed by atoms with E-state index < -0.39 is 0 Å². The van der Waals surface area contributed by atoms with Crippen molar-refractivity contribution in [2.75, 3.05) is 13.1 Å². The predicted molar refractivity (Wildman–Crippen MR) is 45.4 cm³/mol.